The van der Waals surface area contributed by atoms with Crippen molar-refractivity contribution in [3.05, 3.63) is 35.9 Å². The van der Waals surface area contributed by atoms with Gasteiger partial charge in [0.2, 0.25) is 0 Å². The van der Waals surface area contributed by atoms with Gasteiger partial charge < -0.3 is 5.32 Å². The second-order valence-corrected chi connectivity index (χ2v) is 6.51. The molecule has 0 saturated heterocycles. The summed E-state index contributed by atoms with van der Waals surface area (Å²) in [7, 11) is 2.05. The first-order valence-electron chi connectivity index (χ1n) is 6.52. The third-order valence-corrected chi connectivity index (χ3v) is 3.98. The topological polar surface area (TPSA) is 12.0 Å². The van der Waals surface area contributed by atoms with E-state index in [1.165, 1.54) is 24.2 Å². The number of hydrogen-bond donors (Lipinski definition) is 1. The number of nitrogens with one attached hydrogen (secondary N) is 1. The van der Waals surface area contributed by atoms with Gasteiger partial charge in [0.15, 0.2) is 0 Å². The molecule has 0 aliphatic rings. The highest BCUT2D eigenvalue weighted by molar-refractivity contribution is 7.99. The molecule has 0 bridgehead atoms. The largest absolute Gasteiger partial charge is 0.319 e. The van der Waals surface area contributed by atoms with E-state index in [9.17, 15) is 0 Å². The Balaban J connectivity index is 2.37. The lowest BCUT2D eigenvalue weighted by Gasteiger charge is -2.17. The zero-order valence-corrected chi connectivity index (χ0v) is 12.1. The van der Waals surface area contributed by atoms with Crippen LogP contribution in [-0.2, 0) is 6.42 Å². The molecule has 0 fully saturated rings. The zero-order valence-electron chi connectivity index (χ0n) is 11.3. The minimum absolute atomic E-state index is 0.752. The lowest BCUT2D eigenvalue weighted by Crippen LogP contribution is -2.21. The minimum atomic E-state index is 0.752. The first-order chi connectivity index (χ1) is 8.22. The molecule has 0 aliphatic carbocycles. The van der Waals surface area contributed by atoms with Gasteiger partial charge in [-0.15, -0.1) is 0 Å². The summed E-state index contributed by atoms with van der Waals surface area (Å²) in [5, 5.41) is 4.07. The zero-order chi connectivity index (χ0) is 12.5. The van der Waals surface area contributed by atoms with Crippen LogP contribution in [0.4, 0.5) is 0 Å². The van der Waals surface area contributed by atoms with Crippen molar-refractivity contribution in [3.63, 3.8) is 0 Å². The molecule has 1 rings (SSSR count). The molecule has 0 aliphatic heterocycles. The lowest BCUT2D eigenvalue weighted by atomic mass is 9.97. The summed E-state index contributed by atoms with van der Waals surface area (Å²) < 4.78 is 0. The van der Waals surface area contributed by atoms with Crippen LogP contribution in [0.25, 0.3) is 0 Å². The van der Waals surface area contributed by atoms with Crippen LogP contribution in [0.15, 0.2) is 30.3 Å². The molecule has 1 unspecified atom stereocenters. The van der Waals surface area contributed by atoms with Gasteiger partial charge in [0.25, 0.3) is 0 Å². The van der Waals surface area contributed by atoms with Crippen LogP contribution in [-0.4, -0.2) is 24.6 Å². The predicted octanol–water partition coefficient (Wildman–Crippen LogP) is 3.60. The average Bonchev–Trinajstić information content (AvgIpc) is 2.30. The third-order valence-electron chi connectivity index (χ3n) is 2.84. The Morgan fingerprint density at radius 1 is 1.18 bits per heavy atom. The molecule has 17 heavy (non-hydrogen) atoms. The van der Waals surface area contributed by atoms with Gasteiger partial charge in [0.1, 0.15) is 0 Å². The van der Waals surface area contributed by atoms with Crippen molar-refractivity contribution < 1.29 is 0 Å². The van der Waals surface area contributed by atoms with Crippen molar-refractivity contribution >= 4 is 11.8 Å². The summed E-state index contributed by atoms with van der Waals surface area (Å²) in [6.07, 6.45) is 2.50. The van der Waals surface area contributed by atoms with Crippen LogP contribution in [0.3, 0.4) is 0 Å². The predicted molar refractivity (Wildman–Crippen MR) is 79.8 cm³/mol. The van der Waals surface area contributed by atoms with Gasteiger partial charge in [0.05, 0.1) is 0 Å². The van der Waals surface area contributed by atoms with Crippen LogP contribution in [0.2, 0.25) is 0 Å². The molecule has 0 spiro atoms. The maximum Gasteiger partial charge on any atom is -0.000968 e. The highest BCUT2D eigenvalue weighted by atomic mass is 32.2. The molecule has 0 radical (unpaired) electrons. The number of rotatable bonds is 8. The standard InChI is InChI=1S/C15H25NS/c1-13(2)17-10-9-15(12-16-3)11-14-7-5-4-6-8-14/h4-8,13,15-16H,9-12H2,1-3H3. The van der Waals surface area contributed by atoms with Crippen LogP contribution >= 0.6 is 11.8 Å². The molecule has 0 aromatic heterocycles. The fraction of sp³-hybridized carbons (Fsp3) is 0.600. The van der Waals surface area contributed by atoms with Crippen LogP contribution in [0, 0.1) is 5.92 Å². The van der Waals surface area contributed by atoms with E-state index in [-0.39, 0.29) is 0 Å². The van der Waals surface area contributed by atoms with E-state index in [0.29, 0.717) is 0 Å². The van der Waals surface area contributed by atoms with Gasteiger partial charge in [-0.25, -0.2) is 0 Å². The molecule has 96 valence electrons. The smallest absolute Gasteiger partial charge is 0.000968 e. The maximum atomic E-state index is 3.32. The second-order valence-electron chi connectivity index (χ2n) is 4.82. The summed E-state index contributed by atoms with van der Waals surface area (Å²) in [5.74, 6) is 2.03. The Labute approximate surface area is 110 Å². The summed E-state index contributed by atoms with van der Waals surface area (Å²) in [4.78, 5) is 0. The van der Waals surface area contributed by atoms with Gasteiger partial charge in [-0.1, -0.05) is 44.2 Å². The van der Waals surface area contributed by atoms with Crippen molar-refractivity contribution in [2.75, 3.05) is 19.3 Å². The molecule has 2 heteroatoms. The van der Waals surface area contributed by atoms with Crippen LogP contribution < -0.4 is 5.32 Å². The molecular weight excluding hydrogens is 226 g/mol. The fourth-order valence-electron chi connectivity index (χ4n) is 1.98. The van der Waals surface area contributed by atoms with Crippen molar-refractivity contribution in [2.24, 2.45) is 5.92 Å². The van der Waals surface area contributed by atoms with Gasteiger partial charge in [-0.3, -0.25) is 0 Å². The first kappa shape index (κ1) is 14.6. The van der Waals surface area contributed by atoms with E-state index in [4.69, 9.17) is 0 Å². The molecular formula is C15H25NS. The van der Waals surface area contributed by atoms with Gasteiger partial charge >= 0.3 is 0 Å². The number of hydrogen-bond acceptors (Lipinski definition) is 2. The van der Waals surface area contributed by atoms with Gasteiger partial charge in [0, 0.05) is 0 Å². The number of thioether (sulfide) groups is 1. The highest BCUT2D eigenvalue weighted by Gasteiger charge is 2.09. The fourth-order valence-corrected chi connectivity index (χ4v) is 2.92. The Hall–Kier alpha value is -0.470. The SMILES string of the molecule is CNCC(CCSC(C)C)Cc1ccccc1. The van der Waals surface area contributed by atoms with Crippen LogP contribution in [0.1, 0.15) is 25.8 Å². The first-order valence-corrected chi connectivity index (χ1v) is 7.57. The van der Waals surface area contributed by atoms with Crippen molar-refractivity contribution in [1.82, 2.24) is 5.32 Å². The molecule has 1 N–H and O–H groups in total. The second kappa shape index (κ2) is 8.60. The van der Waals surface area contributed by atoms with E-state index < -0.39 is 0 Å². The summed E-state index contributed by atoms with van der Waals surface area (Å²) in [6.45, 7) is 5.66. The van der Waals surface area contributed by atoms with Crippen molar-refractivity contribution in [3.8, 4) is 0 Å². The van der Waals surface area contributed by atoms with Crippen molar-refractivity contribution in [2.45, 2.75) is 31.9 Å². The molecule has 1 aromatic rings. The Morgan fingerprint density at radius 3 is 2.47 bits per heavy atom. The van der Waals surface area contributed by atoms with Gasteiger partial charge in [-0.05, 0) is 48.9 Å². The molecule has 0 saturated carbocycles. The van der Waals surface area contributed by atoms with Gasteiger partial charge in [-0.2, -0.15) is 11.8 Å². The monoisotopic (exact) mass is 251 g/mol. The van der Waals surface area contributed by atoms with Crippen LogP contribution in [0.5, 0.6) is 0 Å². The Kier molecular flexibility index (Phi) is 7.38. The van der Waals surface area contributed by atoms with Crippen molar-refractivity contribution in [1.29, 1.82) is 0 Å². The van der Waals surface area contributed by atoms with E-state index in [2.05, 4.69) is 61.3 Å². The minimum Gasteiger partial charge on any atom is -0.319 e. The Bertz CT molecular complexity index is 284. The van der Waals surface area contributed by atoms with E-state index in [0.717, 1.165) is 17.7 Å². The lowest BCUT2D eigenvalue weighted by molar-refractivity contribution is 0.484. The summed E-state index contributed by atoms with van der Waals surface area (Å²) >= 11 is 2.07. The van der Waals surface area contributed by atoms with E-state index in [1.807, 2.05) is 7.05 Å². The molecule has 0 heterocycles. The number of benzene rings is 1. The normalized spacial score (nSPS) is 12.9. The summed E-state index contributed by atoms with van der Waals surface area (Å²) in [6, 6.07) is 10.8. The summed E-state index contributed by atoms with van der Waals surface area (Å²) in [5.41, 5.74) is 1.46. The molecule has 1 aromatic carbocycles. The Morgan fingerprint density at radius 2 is 1.88 bits per heavy atom. The molecule has 1 atom stereocenters. The van der Waals surface area contributed by atoms with E-state index in [1.54, 1.807) is 0 Å². The maximum absolute atomic E-state index is 3.32. The van der Waals surface area contributed by atoms with E-state index >= 15 is 0 Å². The average molecular weight is 251 g/mol. The molecule has 0 amide bonds. The third kappa shape index (κ3) is 6.75. The molecule has 1 nitrogen and oxygen atoms in total. The highest BCUT2D eigenvalue weighted by Crippen LogP contribution is 2.17. The quantitative estimate of drug-likeness (QED) is 0.757.